The average molecular weight is 291 g/mol. The van der Waals surface area contributed by atoms with Crippen LogP contribution < -0.4 is 10.5 Å². The van der Waals surface area contributed by atoms with Crippen molar-refractivity contribution in [3.63, 3.8) is 0 Å². The monoisotopic (exact) mass is 290 g/mol. The van der Waals surface area contributed by atoms with E-state index < -0.39 is 0 Å². The van der Waals surface area contributed by atoms with Crippen LogP contribution >= 0.6 is 11.6 Å². The van der Waals surface area contributed by atoms with Gasteiger partial charge in [-0.3, -0.25) is 0 Å². The van der Waals surface area contributed by atoms with E-state index in [2.05, 4.69) is 11.1 Å². The molecule has 4 heteroatoms. The highest BCUT2D eigenvalue weighted by atomic mass is 35.5. The maximum atomic E-state index is 6.16. The van der Waals surface area contributed by atoms with E-state index in [0.717, 1.165) is 39.4 Å². The summed E-state index contributed by atoms with van der Waals surface area (Å²) >= 11 is 6.16. The molecule has 0 saturated heterocycles. The molecular formula is C16H19ClN2O. The Morgan fingerprint density at radius 2 is 1.75 bits per heavy atom. The van der Waals surface area contributed by atoms with E-state index in [1.54, 1.807) is 0 Å². The quantitative estimate of drug-likeness (QED) is 0.927. The van der Waals surface area contributed by atoms with Crippen LogP contribution in [0.2, 0.25) is 5.02 Å². The van der Waals surface area contributed by atoms with E-state index in [1.807, 2.05) is 39.1 Å². The minimum atomic E-state index is 0.617. The Balaban J connectivity index is 2.26. The smallest absolute Gasteiger partial charge is 0.222 e. The summed E-state index contributed by atoms with van der Waals surface area (Å²) in [6.45, 7) is 6.54. The second kappa shape index (κ2) is 6.25. The first kappa shape index (κ1) is 14.8. The van der Waals surface area contributed by atoms with Crippen molar-refractivity contribution in [2.75, 3.05) is 6.54 Å². The van der Waals surface area contributed by atoms with Crippen molar-refractivity contribution in [2.24, 2.45) is 5.73 Å². The molecule has 0 aliphatic rings. The van der Waals surface area contributed by atoms with Crippen molar-refractivity contribution in [3.8, 4) is 11.6 Å². The Labute approximate surface area is 124 Å². The minimum Gasteiger partial charge on any atom is -0.439 e. The lowest BCUT2D eigenvalue weighted by atomic mass is 10.1. The number of rotatable bonds is 4. The van der Waals surface area contributed by atoms with Gasteiger partial charge in [-0.05, 0) is 68.6 Å². The molecule has 0 fully saturated rings. The normalized spacial score (nSPS) is 10.7. The molecule has 2 aromatic rings. The fourth-order valence-electron chi connectivity index (χ4n) is 2.11. The molecule has 1 aromatic heterocycles. The highest BCUT2D eigenvalue weighted by Gasteiger charge is 2.08. The fraction of sp³-hybridized carbons (Fsp3) is 0.312. The first-order chi connectivity index (χ1) is 9.51. The molecule has 0 aliphatic carbocycles. The van der Waals surface area contributed by atoms with Crippen molar-refractivity contribution in [3.05, 3.63) is 51.7 Å². The molecule has 0 aliphatic heterocycles. The van der Waals surface area contributed by atoms with Crippen LogP contribution in [-0.4, -0.2) is 11.5 Å². The van der Waals surface area contributed by atoms with Crippen LogP contribution in [-0.2, 0) is 6.42 Å². The molecule has 0 unspecified atom stereocenters. The Kier molecular flexibility index (Phi) is 4.63. The molecule has 0 saturated carbocycles. The third kappa shape index (κ3) is 3.30. The molecule has 2 rings (SSSR count). The van der Waals surface area contributed by atoms with Gasteiger partial charge in [0.05, 0.1) is 0 Å². The van der Waals surface area contributed by atoms with Crippen LogP contribution in [0.1, 0.15) is 22.3 Å². The molecule has 106 valence electrons. The molecule has 0 bridgehead atoms. The number of nitrogens with two attached hydrogens (primary N) is 1. The summed E-state index contributed by atoms with van der Waals surface area (Å²) in [6.07, 6.45) is 2.64. The summed E-state index contributed by atoms with van der Waals surface area (Å²) in [5.74, 6) is 1.37. The third-order valence-corrected chi connectivity index (χ3v) is 3.74. The second-order valence-corrected chi connectivity index (χ2v) is 5.36. The largest absolute Gasteiger partial charge is 0.439 e. The lowest BCUT2D eigenvalue weighted by molar-refractivity contribution is 0.457. The molecular weight excluding hydrogens is 272 g/mol. The van der Waals surface area contributed by atoms with E-state index in [9.17, 15) is 0 Å². The van der Waals surface area contributed by atoms with Crippen LogP contribution in [0, 0.1) is 20.8 Å². The Bertz CT molecular complexity index is 603. The topological polar surface area (TPSA) is 48.1 Å². The van der Waals surface area contributed by atoms with E-state index >= 15 is 0 Å². The van der Waals surface area contributed by atoms with Gasteiger partial charge in [0.25, 0.3) is 0 Å². The molecule has 3 nitrogen and oxygen atoms in total. The maximum Gasteiger partial charge on any atom is 0.222 e. The van der Waals surface area contributed by atoms with Gasteiger partial charge in [-0.1, -0.05) is 11.6 Å². The predicted octanol–water partition coefficient (Wildman–Crippen LogP) is 3.95. The molecule has 2 N–H and O–H groups in total. The van der Waals surface area contributed by atoms with E-state index in [4.69, 9.17) is 22.1 Å². The van der Waals surface area contributed by atoms with Gasteiger partial charge in [0.1, 0.15) is 5.75 Å². The second-order valence-electron chi connectivity index (χ2n) is 4.98. The van der Waals surface area contributed by atoms with E-state index in [-0.39, 0.29) is 0 Å². The van der Waals surface area contributed by atoms with Crippen LogP contribution in [0.3, 0.4) is 0 Å². The summed E-state index contributed by atoms with van der Waals surface area (Å²) < 4.78 is 5.86. The molecule has 20 heavy (non-hydrogen) atoms. The van der Waals surface area contributed by atoms with E-state index in [1.165, 1.54) is 0 Å². The standard InChI is InChI=1S/C16H19ClN2O/c1-10-7-14(8-11(2)15(10)17)20-16-12(3)6-13(4-5-18)9-19-16/h6-9H,4-5,18H2,1-3H3. The molecule has 0 amide bonds. The molecule has 1 aromatic carbocycles. The summed E-state index contributed by atoms with van der Waals surface area (Å²) in [4.78, 5) is 4.36. The zero-order valence-corrected chi connectivity index (χ0v) is 12.8. The number of ether oxygens (including phenoxy) is 1. The van der Waals surface area contributed by atoms with Crippen LogP contribution in [0.15, 0.2) is 24.4 Å². The number of hydrogen-bond acceptors (Lipinski definition) is 3. The number of hydrogen-bond donors (Lipinski definition) is 1. The van der Waals surface area contributed by atoms with Gasteiger partial charge in [0.2, 0.25) is 5.88 Å². The number of aromatic nitrogens is 1. The van der Waals surface area contributed by atoms with Crippen molar-refractivity contribution >= 4 is 11.6 Å². The van der Waals surface area contributed by atoms with Gasteiger partial charge < -0.3 is 10.5 Å². The molecule has 1 heterocycles. The zero-order chi connectivity index (χ0) is 14.7. The lowest BCUT2D eigenvalue weighted by Gasteiger charge is -2.11. The number of pyridine rings is 1. The van der Waals surface area contributed by atoms with Gasteiger partial charge in [-0.2, -0.15) is 0 Å². The lowest BCUT2D eigenvalue weighted by Crippen LogP contribution is -2.03. The molecule has 0 spiro atoms. The van der Waals surface area contributed by atoms with Crippen LogP contribution in [0.4, 0.5) is 0 Å². The number of halogens is 1. The summed E-state index contributed by atoms with van der Waals surface area (Å²) in [6, 6.07) is 5.90. The summed E-state index contributed by atoms with van der Waals surface area (Å²) in [5.41, 5.74) is 9.67. The number of nitrogens with zero attached hydrogens (tertiary/aromatic N) is 1. The first-order valence-corrected chi connectivity index (χ1v) is 6.99. The maximum absolute atomic E-state index is 6.16. The summed E-state index contributed by atoms with van der Waals surface area (Å²) in [7, 11) is 0. The number of benzene rings is 1. The summed E-state index contributed by atoms with van der Waals surface area (Å²) in [5, 5.41) is 0.778. The van der Waals surface area contributed by atoms with Crippen LogP contribution in [0.5, 0.6) is 11.6 Å². The van der Waals surface area contributed by atoms with Gasteiger partial charge in [0.15, 0.2) is 0 Å². The highest BCUT2D eigenvalue weighted by Crippen LogP contribution is 2.29. The number of aryl methyl sites for hydroxylation is 3. The average Bonchev–Trinajstić information content (AvgIpc) is 2.39. The van der Waals surface area contributed by atoms with Crippen LogP contribution in [0.25, 0.3) is 0 Å². The first-order valence-electron chi connectivity index (χ1n) is 6.61. The van der Waals surface area contributed by atoms with Gasteiger partial charge in [-0.15, -0.1) is 0 Å². The van der Waals surface area contributed by atoms with Gasteiger partial charge in [0, 0.05) is 16.8 Å². The third-order valence-electron chi connectivity index (χ3n) is 3.14. The van der Waals surface area contributed by atoms with Crippen molar-refractivity contribution in [1.82, 2.24) is 4.98 Å². The predicted molar refractivity (Wildman–Crippen MR) is 82.7 cm³/mol. The van der Waals surface area contributed by atoms with Crippen molar-refractivity contribution < 1.29 is 4.74 Å². The SMILES string of the molecule is Cc1cc(CCN)cnc1Oc1cc(C)c(Cl)c(C)c1. The minimum absolute atomic E-state index is 0.617. The Hall–Kier alpha value is -1.58. The van der Waals surface area contributed by atoms with Gasteiger partial charge in [-0.25, -0.2) is 4.98 Å². The van der Waals surface area contributed by atoms with Crippen molar-refractivity contribution in [2.45, 2.75) is 27.2 Å². The van der Waals surface area contributed by atoms with E-state index in [0.29, 0.717) is 12.4 Å². The highest BCUT2D eigenvalue weighted by molar-refractivity contribution is 6.32. The molecule has 0 atom stereocenters. The van der Waals surface area contributed by atoms with Gasteiger partial charge >= 0.3 is 0 Å². The molecule has 0 radical (unpaired) electrons. The zero-order valence-electron chi connectivity index (χ0n) is 12.0. The van der Waals surface area contributed by atoms with Crippen molar-refractivity contribution in [1.29, 1.82) is 0 Å². The Morgan fingerprint density at radius 3 is 2.30 bits per heavy atom. The fourth-order valence-corrected chi connectivity index (χ4v) is 2.22. The Morgan fingerprint density at radius 1 is 1.10 bits per heavy atom.